The number of benzene rings is 3. The van der Waals surface area contributed by atoms with Gasteiger partial charge in [-0.3, -0.25) is 0 Å². The maximum Gasteiger partial charge on any atom is 0.174 e. The summed E-state index contributed by atoms with van der Waals surface area (Å²) in [6, 6.07) is 23.2. The van der Waals surface area contributed by atoms with Crippen LogP contribution in [0.2, 0.25) is 5.02 Å². The Hall–Kier alpha value is -2.49. The molecule has 0 aromatic heterocycles. The first-order valence-corrected chi connectivity index (χ1v) is 9.99. The third-order valence-corrected chi connectivity index (χ3v) is 5.27. The van der Waals surface area contributed by atoms with E-state index in [1.165, 1.54) is 0 Å². The molecule has 0 atom stereocenters. The SMILES string of the molecule is COc1cc(C=C(C#N)c2ccccc2)cc(I)c1OCc1ccccc1Cl. The average molecular weight is 502 g/mol. The molecule has 3 aromatic rings. The lowest BCUT2D eigenvalue weighted by atomic mass is 10.0. The van der Waals surface area contributed by atoms with Crippen LogP contribution in [0.3, 0.4) is 0 Å². The summed E-state index contributed by atoms with van der Waals surface area (Å²) in [6.07, 6.45) is 1.85. The zero-order valence-corrected chi connectivity index (χ0v) is 18.1. The predicted molar refractivity (Wildman–Crippen MR) is 121 cm³/mol. The Morgan fingerprint density at radius 3 is 2.50 bits per heavy atom. The molecule has 0 unspecified atom stereocenters. The van der Waals surface area contributed by atoms with Crippen LogP contribution in [0.4, 0.5) is 0 Å². The molecule has 3 aromatic carbocycles. The zero-order valence-electron chi connectivity index (χ0n) is 15.2. The summed E-state index contributed by atoms with van der Waals surface area (Å²) in [5.41, 5.74) is 3.23. The number of halogens is 2. The second-order valence-electron chi connectivity index (χ2n) is 5.95. The summed E-state index contributed by atoms with van der Waals surface area (Å²) in [6.45, 7) is 0.342. The minimum Gasteiger partial charge on any atom is -0.493 e. The van der Waals surface area contributed by atoms with E-state index >= 15 is 0 Å². The summed E-state index contributed by atoms with van der Waals surface area (Å²) < 4.78 is 12.4. The first-order valence-electron chi connectivity index (χ1n) is 8.53. The standard InChI is InChI=1S/C23H17ClINO2/c1-27-22-13-16(11-19(14-26)17-7-3-2-4-8-17)12-21(25)23(22)28-15-18-9-5-6-10-20(18)24/h2-13H,15H2,1H3. The van der Waals surface area contributed by atoms with E-state index in [-0.39, 0.29) is 0 Å². The van der Waals surface area contributed by atoms with E-state index < -0.39 is 0 Å². The zero-order chi connectivity index (χ0) is 19.9. The first-order chi connectivity index (χ1) is 13.6. The monoisotopic (exact) mass is 501 g/mol. The smallest absolute Gasteiger partial charge is 0.174 e. The fraction of sp³-hybridized carbons (Fsp3) is 0.0870. The summed E-state index contributed by atoms with van der Waals surface area (Å²) in [5, 5.41) is 10.2. The number of ether oxygens (including phenoxy) is 2. The van der Waals surface area contributed by atoms with E-state index in [0.29, 0.717) is 28.7 Å². The molecule has 28 heavy (non-hydrogen) atoms. The van der Waals surface area contributed by atoms with Crippen molar-refractivity contribution >= 4 is 45.8 Å². The van der Waals surface area contributed by atoms with Crippen molar-refractivity contribution in [3.8, 4) is 17.6 Å². The summed E-state index contributed by atoms with van der Waals surface area (Å²) in [5.74, 6) is 1.26. The molecule has 140 valence electrons. The van der Waals surface area contributed by atoms with Gasteiger partial charge in [0.1, 0.15) is 6.61 Å². The van der Waals surface area contributed by atoms with E-state index in [4.69, 9.17) is 21.1 Å². The largest absolute Gasteiger partial charge is 0.493 e. The molecular weight excluding hydrogens is 485 g/mol. The van der Waals surface area contributed by atoms with Gasteiger partial charge in [0.25, 0.3) is 0 Å². The maximum absolute atomic E-state index is 9.54. The Morgan fingerprint density at radius 1 is 1.11 bits per heavy atom. The molecule has 0 bridgehead atoms. The summed E-state index contributed by atoms with van der Waals surface area (Å²) >= 11 is 8.42. The molecule has 0 fully saturated rings. The van der Waals surface area contributed by atoms with Gasteiger partial charge in [-0.05, 0) is 58.0 Å². The van der Waals surface area contributed by atoms with E-state index in [9.17, 15) is 5.26 Å². The molecule has 0 heterocycles. The number of nitrogens with zero attached hydrogens (tertiary/aromatic N) is 1. The molecule has 0 radical (unpaired) electrons. The quantitative estimate of drug-likeness (QED) is 0.217. The van der Waals surface area contributed by atoms with Gasteiger partial charge in [-0.2, -0.15) is 5.26 Å². The fourth-order valence-corrected chi connectivity index (χ4v) is 3.66. The molecule has 0 spiro atoms. The minimum atomic E-state index is 0.342. The first kappa shape index (κ1) is 20.2. The third kappa shape index (κ3) is 4.86. The highest BCUT2D eigenvalue weighted by molar-refractivity contribution is 14.1. The molecule has 3 rings (SSSR count). The highest BCUT2D eigenvalue weighted by atomic mass is 127. The number of allylic oxidation sites excluding steroid dienone is 1. The van der Waals surface area contributed by atoms with Crippen LogP contribution >= 0.6 is 34.2 Å². The molecule has 0 N–H and O–H groups in total. The summed E-state index contributed by atoms with van der Waals surface area (Å²) in [4.78, 5) is 0. The van der Waals surface area contributed by atoms with Gasteiger partial charge in [0, 0.05) is 10.6 Å². The molecule has 0 aliphatic carbocycles. The average Bonchev–Trinajstić information content (AvgIpc) is 2.72. The Bertz CT molecular complexity index is 1040. The van der Waals surface area contributed by atoms with Gasteiger partial charge in [0.15, 0.2) is 11.5 Å². The number of hydrogen-bond acceptors (Lipinski definition) is 3. The molecule has 0 saturated carbocycles. The lowest BCUT2D eigenvalue weighted by Gasteiger charge is -2.14. The molecule has 0 aliphatic rings. The van der Waals surface area contributed by atoms with Crippen molar-refractivity contribution in [3.05, 3.63) is 92.0 Å². The van der Waals surface area contributed by atoms with Gasteiger partial charge in [-0.15, -0.1) is 0 Å². The molecule has 0 amide bonds. The lowest BCUT2D eigenvalue weighted by Crippen LogP contribution is -2.00. The van der Waals surface area contributed by atoms with Crippen LogP contribution in [0, 0.1) is 14.9 Å². The molecule has 0 aliphatic heterocycles. The van der Waals surface area contributed by atoms with Crippen molar-refractivity contribution in [2.24, 2.45) is 0 Å². The van der Waals surface area contributed by atoms with Crippen molar-refractivity contribution in [2.45, 2.75) is 6.61 Å². The lowest BCUT2D eigenvalue weighted by molar-refractivity contribution is 0.282. The molecule has 0 saturated heterocycles. The third-order valence-electron chi connectivity index (χ3n) is 4.10. The Kier molecular flexibility index (Phi) is 6.96. The van der Waals surface area contributed by atoms with Crippen LogP contribution in [0.5, 0.6) is 11.5 Å². The van der Waals surface area contributed by atoms with Crippen LogP contribution in [0.1, 0.15) is 16.7 Å². The van der Waals surface area contributed by atoms with Gasteiger partial charge >= 0.3 is 0 Å². The highest BCUT2D eigenvalue weighted by Gasteiger charge is 2.13. The summed E-state index contributed by atoms with van der Waals surface area (Å²) in [7, 11) is 1.60. The molecular formula is C23H17ClINO2. The van der Waals surface area contributed by atoms with E-state index in [1.807, 2.05) is 72.8 Å². The Morgan fingerprint density at radius 2 is 1.82 bits per heavy atom. The van der Waals surface area contributed by atoms with Crippen molar-refractivity contribution < 1.29 is 9.47 Å². The fourth-order valence-electron chi connectivity index (χ4n) is 2.69. The van der Waals surface area contributed by atoms with E-state index in [2.05, 4.69) is 28.7 Å². The predicted octanol–water partition coefficient (Wildman–Crippen LogP) is 6.60. The van der Waals surface area contributed by atoms with Gasteiger partial charge in [0.05, 0.1) is 22.3 Å². The van der Waals surface area contributed by atoms with Gasteiger partial charge in [-0.1, -0.05) is 60.1 Å². The number of hydrogen-bond donors (Lipinski definition) is 0. The minimum absolute atomic E-state index is 0.342. The highest BCUT2D eigenvalue weighted by Crippen LogP contribution is 2.36. The van der Waals surface area contributed by atoms with Gasteiger partial charge < -0.3 is 9.47 Å². The van der Waals surface area contributed by atoms with Crippen molar-refractivity contribution in [3.63, 3.8) is 0 Å². The van der Waals surface area contributed by atoms with Crippen LogP contribution in [0.25, 0.3) is 11.6 Å². The van der Waals surface area contributed by atoms with Crippen LogP contribution in [0.15, 0.2) is 66.7 Å². The second kappa shape index (κ2) is 9.63. The van der Waals surface area contributed by atoms with Crippen LogP contribution in [-0.2, 0) is 6.61 Å². The Balaban J connectivity index is 1.90. The topological polar surface area (TPSA) is 42.2 Å². The van der Waals surface area contributed by atoms with Crippen molar-refractivity contribution in [1.29, 1.82) is 5.26 Å². The van der Waals surface area contributed by atoms with E-state index in [1.54, 1.807) is 7.11 Å². The second-order valence-corrected chi connectivity index (χ2v) is 7.52. The molecule has 5 heteroatoms. The van der Waals surface area contributed by atoms with Crippen molar-refractivity contribution in [2.75, 3.05) is 7.11 Å². The number of methoxy groups -OCH3 is 1. The molecule has 3 nitrogen and oxygen atoms in total. The van der Waals surface area contributed by atoms with Crippen molar-refractivity contribution in [1.82, 2.24) is 0 Å². The Labute approximate surface area is 183 Å². The van der Waals surface area contributed by atoms with Crippen LogP contribution in [-0.4, -0.2) is 7.11 Å². The maximum atomic E-state index is 9.54. The normalized spacial score (nSPS) is 11.0. The van der Waals surface area contributed by atoms with Gasteiger partial charge in [-0.25, -0.2) is 0 Å². The van der Waals surface area contributed by atoms with Gasteiger partial charge in [0.2, 0.25) is 0 Å². The van der Waals surface area contributed by atoms with E-state index in [0.717, 1.165) is 20.3 Å². The van der Waals surface area contributed by atoms with Crippen LogP contribution < -0.4 is 9.47 Å². The number of rotatable bonds is 6. The number of nitriles is 1.